The number of ketones is 1. The van der Waals surface area contributed by atoms with E-state index in [4.69, 9.17) is 9.47 Å². The van der Waals surface area contributed by atoms with Crippen LogP contribution in [0.4, 0.5) is 0 Å². The maximum absolute atomic E-state index is 11.9. The lowest BCUT2D eigenvalue weighted by molar-refractivity contribution is 0.00228. The summed E-state index contributed by atoms with van der Waals surface area (Å²) in [6, 6.07) is 5.35. The Labute approximate surface area is 106 Å². The minimum atomic E-state index is -0.309. The summed E-state index contributed by atoms with van der Waals surface area (Å²) in [4.78, 5) is 11.9. The summed E-state index contributed by atoms with van der Waals surface area (Å²) in [5.41, 5.74) is 0.356. The van der Waals surface area contributed by atoms with Gasteiger partial charge in [-0.15, -0.1) is 12.4 Å². The van der Waals surface area contributed by atoms with Gasteiger partial charge in [0.1, 0.15) is 17.1 Å². The van der Waals surface area contributed by atoms with Gasteiger partial charge in [-0.3, -0.25) is 4.79 Å². The zero-order chi connectivity index (χ0) is 11.2. The van der Waals surface area contributed by atoms with Crippen molar-refractivity contribution in [1.29, 1.82) is 0 Å². The highest BCUT2D eigenvalue weighted by atomic mass is 35.5. The van der Waals surface area contributed by atoms with Crippen LogP contribution in [0, 0.1) is 0 Å². The molecule has 0 aliphatic carbocycles. The second-order valence-corrected chi connectivity index (χ2v) is 4.35. The molecule has 0 aromatic heterocycles. The third kappa shape index (κ3) is 1.87. The molecule has 0 radical (unpaired) electrons. The maximum Gasteiger partial charge on any atom is 0.170 e. The summed E-state index contributed by atoms with van der Waals surface area (Å²) in [6.45, 7) is 1.49. The highest BCUT2D eigenvalue weighted by Crippen LogP contribution is 2.37. The lowest BCUT2D eigenvalue weighted by Crippen LogP contribution is -2.65. The normalized spacial score (nSPS) is 19.7. The fourth-order valence-corrected chi connectivity index (χ4v) is 2.20. The molecule has 0 bridgehead atoms. The molecule has 0 saturated carbocycles. The zero-order valence-electron chi connectivity index (χ0n) is 9.49. The SMILES string of the molecule is COc1ccc2c(c1)OC1(CNC1)CC2=O.Cl. The van der Waals surface area contributed by atoms with Crippen molar-refractivity contribution in [2.24, 2.45) is 0 Å². The van der Waals surface area contributed by atoms with Gasteiger partial charge in [-0.25, -0.2) is 0 Å². The zero-order valence-corrected chi connectivity index (χ0v) is 10.3. The molecule has 92 valence electrons. The van der Waals surface area contributed by atoms with Gasteiger partial charge in [-0.2, -0.15) is 0 Å². The molecule has 2 aliphatic rings. The quantitative estimate of drug-likeness (QED) is 0.825. The molecule has 0 unspecified atom stereocenters. The van der Waals surface area contributed by atoms with Crippen molar-refractivity contribution >= 4 is 18.2 Å². The Bertz CT molecular complexity index is 457. The molecule has 3 rings (SSSR count). The first-order valence-electron chi connectivity index (χ1n) is 5.33. The second-order valence-electron chi connectivity index (χ2n) is 4.35. The van der Waals surface area contributed by atoms with E-state index in [2.05, 4.69) is 5.32 Å². The van der Waals surface area contributed by atoms with E-state index in [1.807, 2.05) is 0 Å². The van der Waals surface area contributed by atoms with Crippen LogP contribution < -0.4 is 14.8 Å². The predicted molar refractivity (Wildman–Crippen MR) is 65.4 cm³/mol. The Kier molecular flexibility index (Phi) is 3.02. The van der Waals surface area contributed by atoms with Gasteiger partial charge in [-0.1, -0.05) is 0 Å². The van der Waals surface area contributed by atoms with Gasteiger partial charge in [0.2, 0.25) is 0 Å². The van der Waals surface area contributed by atoms with E-state index in [9.17, 15) is 4.79 Å². The molecular weight excluding hydrogens is 242 g/mol. The number of halogens is 1. The molecule has 17 heavy (non-hydrogen) atoms. The van der Waals surface area contributed by atoms with Crippen molar-refractivity contribution < 1.29 is 14.3 Å². The molecule has 1 saturated heterocycles. The van der Waals surface area contributed by atoms with Crippen LogP contribution in [0.25, 0.3) is 0 Å². The first kappa shape index (κ1) is 12.2. The van der Waals surface area contributed by atoms with Crippen molar-refractivity contribution in [3.05, 3.63) is 23.8 Å². The van der Waals surface area contributed by atoms with Crippen LogP contribution in [-0.2, 0) is 0 Å². The molecule has 2 heterocycles. The molecule has 0 atom stereocenters. The number of carbonyl (C=O) groups is 1. The van der Waals surface area contributed by atoms with Gasteiger partial charge in [0.05, 0.1) is 19.1 Å². The molecule has 1 spiro atoms. The third-order valence-corrected chi connectivity index (χ3v) is 3.19. The first-order chi connectivity index (χ1) is 7.72. The van der Waals surface area contributed by atoms with Crippen molar-refractivity contribution in [3.8, 4) is 11.5 Å². The van der Waals surface area contributed by atoms with Crippen molar-refractivity contribution in [1.82, 2.24) is 5.32 Å². The Morgan fingerprint density at radius 2 is 2.18 bits per heavy atom. The van der Waals surface area contributed by atoms with Crippen LogP contribution in [0.1, 0.15) is 16.8 Å². The maximum atomic E-state index is 11.9. The topological polar surface area (TPSA) is 47.6 Å². The lowest BCUT2D eigenvalue weighted by atomic mass is 9.85. The van der Waals surface area contributed by atoms with Gasteiger partial charge in [0.25, 0.3) is 0 Å². The minimum absolute atomic E-state index is 0. The Balaban J connectivity index is 0.00000108. The summed E-state index contributed by atoms with van der Waals surface area (Å²) in [7, 11) is 1.60. The van der Waals surface area contributed by atoms with Crippen LogP contribution in [-0.4, -0.2) is 31.6 Å². The number of hydrogen-bond donors (Lipinski definition) is 1. The van der Waals surface area contributed by atoms with E-state index < -0.39 is 0 Å². The van der Waals surface area contributed by atoms with Crippen LogP contribution in [0.15, 0.2) is 18.2 Å². The van der Waals surface area contributed by atoms with Crippen molar-refractivity contribution in [3.63, 3.8) is 0 Å². The summed E-state index contributed by atoms with van der Waals surface area (Å²) in [5, 5.41) is 3.14. The third-order valence-electron chi connectivity index (χ3n) is 3.19. The van der Waals surface area contributed by atoms with Crippen LogP contribution in [0.3, 0.4) is 0 Å². The molecule has 1 N–H and O–H groups in total. The minimum Gasteiger partial charge on any atom is -0.497 e. The first-order valence-corrected chi connectivity index (χ1v) is 5.33. The number of carbonyl (C=O) groups excluding carboxylic acids is 1. The summed E-state index contributed by atoms with van der Waals surface area (Å²) >= 11 is 0. The summed E-state index contributed by atoms with van der Waals surface area (Å²) < 4.78 is 11.0. The number of methoxy groups -OCH3 is 1. The molecule has 1 aromatic rings. The number of Topliss-reactive ketones (excluding diaryl/α,β-unsaturated/α-hetero) is 1. The van der Waals surface area contributed by atoms with E-state index in [0.717, 1.165) is 18.8 Å². The summed E-state index contributed by atoms with van der Waals surface area (Å²) in [6.07, 6.45) is 0.472. The highest BCUT2D eigenvalue weighted by molar-refractivity contribution is 6.00. The van der Waals surface area contributed by atoms with Gasteiger partial charge < -0.3 is 14.8 Å². The van der Waals surface area contributed by atoms with E-state index in [1.54, 1.807) is 25.3 Å². The van der Waals surface area contributed by atoms with Gasteiger partial charge >= 0.3 is 0 Å². The number of ether oxygens (including phenoxy) is 2. The van der Waals surface area contributed by atoms with E-state index >= 15 is 0 Å². The standard InChI is InChI=1S/C12H13NO3.ClH/c1-15-8-2-3-9-10(14)5-12(6-13-7-12)16-11(9)4-8;/h2-4,13H,5-7H2,1H3;1H. The van der Waals surface area contributed by atoms with Crippen LogP contribution in [0.2, 0.25) is 0 Å². The molecule has 1 aromatic carbocycles. The van der Waals surface area contributed by atoms with Crippen LogP contribution in [0.5, 0.6) is 11.5 Å². The van der Waals surface area contributed by atoms with E-state index in [1.165, 1.54) is 0 Å². The lowest BCUT2D eigenvalue weighted by Gasteiger charge is -2.44. The second kappa shape index (κ2) is 4.20. The average molecular weight is 256 g/mol. The largest absolute Gasteiger partial charge is 0.497 e. The number of fused-ring (bicyclic) bond motifs is 1. The Hall–Kier alpha value is -1.26. The Morgan fingerprint density at radius 1 is 1.41 bits per heavy atom. The highest BCUT2D eigenvalue weighted by Gasteiger charge is 2.45. The monoisotopic (exact) mass is 255 g/mol. The fourth-order valence-electron chi connectivity index (χ4n) is 2.20. The average Bonchev–Trinajstić information content (AvgIpc) is 2.26. The molecular formula is C12H14ClNO3. The molecule has 5 heteroatoms. The molecule has 2 aliphatic heterocycles. The van der Waals surface area contributed by atoms with Gasteiger partial charge in [-0.05, 0) is 12.1 Å². The fraction of sp³-hybridized carbons (Fsp3) is 0.417. The van der Waals surface area contributed by atoms with E-state index in [-0.39, 0.29) is 23.8 Å². The molecule has 0 amide bonds. The number of nitrogens with one attached hydrogen (secondary N) is 1. The van der Waals surface area contributed by atoms with Crippen molar-refractivity contribution in [2.45, 2.75) is 12.0 Å². The van der Waals surface area contributed by atoms with Gasteiger partial charge in [0, 0.05) is 19.2 Å². The Morgan fingerprint density at radius 3 is 2.76 bits per heavy atom. The molecule has 4 nitrogen and oxygen atoms in total. The number of benzene rings is 1. The van der Waals surface area contributed by atoms with Crippen molar-refractivity contribution in [2.75, 3.05) is 20.2 Å². The number of rotatable bonds is 1. The van der Waals surface area contributed by atoms with Crippen LogP contribution >= 0.6 is 12.4 Å². The predicted octanol–water partition coefficient (Wildman–Crippen LogP) is 1.42. The molecule has 1 fully saturated rings. The van der Waals surface area contributed by atoms with Gasteiger partial charge in [0.15, 0.2) is 5.78 Å². The summed E-state index contributed by atoms with van der Waals surface area (Å²) in [5.74, 6) is 1.53. The number of hydrogen-bond acceptors (Lipinski definition) is 4. The van der Waals surface area contributed by atoms with E-state index in [0.29, 0.717) is 17.7 Å². The smallest absolute Gasteiger partial charge is 0.170 e.